The number of carbonyl (C=O) groups excluding carboxylic acids is 2. The maximum absolute atomic E-state index is 12.3. The minimum Gasteiger partial charge on any atom is -0.493 e. The van der Waals surface area contributed by atoms with E-state index in [1.807, 2.05) is 18.2 Å². The summed E-state index contributed by atoms with van der Waals surface area (Å²) in [4.78, 5) is 25.8. The smallest absolute Gasteiger partial charge is 0.410 e. The summed E-state index contributed by atoms with van der Waals surface area (Å²) in [6, 6.07) is 3.83. The van der Waals surface area contributed by atoms with Gasteiger partial charge in [-0.3, -0.25) is 4.79 Å². The van der Waals surface area contributed by atoms with E-state index in [0.29, 0.717) is 50.5 Å². The van der Waals surface area contributed by atoms with Gasteiger partial charge in [-0.05, 0) is 37.5 Å². The highest BCUT2D eigenvalue weighted by atomic mass is 16.6. The van der Waals surface area contributed by atoms with E-state index in [1.165, 1.54) is 0 Å². The van der Waals surface area contributed by atoms with Crippen LogP contribution in [0.3, 0.4) is 0 Å². The van der Waals surface area contributed by atoms with E-state index >= 15 is 0 Å². The largest absolute Gasteiger partial charge is 0.493 e. The van der Waals surface area contributed by atoms with Crippen LogP contribution in [0.4, 0.5) is 4.79 Å². The van der Waals surface area contributed by atoms with Crippen molar-refractivity contribution in [2.24, 2.45) is 0 Å². The van der Waals surface area contributed by atoms with Crippen LogP contribution in [0.25, 0.3) is 0 Å². The van der Waals surface area contributed by atoms with Crippen LogP contribution in [0.2, 0.25) is 0 Å². The van der Waals surface area contributed by atoms with E-state index < -0.39 is 0 Å². The summed E-state index contributed by atoms with van der Waals surface area (Å²) in [5.74, 6) is 1.46. The second-order valence-corrected chi connectivity index (χ2v) is 6.66. The standard InChI is InChI=1S/C20H25NO5/c1-4-26-19(23)21-12-11-20(9-7-15(22)8-10-20)17-14(13-21)5-6-16(24-2)18(17)25-3/h5-7,9H,4,8,10-13H2,1-3H3. The number of rotatable bonds is 3. The van der Waals surface area contributed by atoms with Gasteiger partial charge in [0.1, 0.15) is 0 Å². The molecule has 1 aromatic rings. The third-order valence-corrected chi connectivity index (χ3v) is 5.25. The Labute approximate surface area is 153 Å². The summed E-state index contributed by atoms with van der Waals surface area (Å²) in [5, 5.41) is 0. The molecule has 6 heteroatoms. The van der Waals surface area contributed by atoms with Gasteiger partial charge < -0.3 is 19.1 Å². The summed E-state index contributed by atoms with van der Waals surface area (Å²) < 4.78 is 16.4. The van der Waals surface area contributed by atoms with Crippen LogP contribution in [0.5, 0.6) is 11.5 Å². The number of amides is 1. The summed E-state index contributed by atoms with van der Waals surface area (Å²) >= 11 is 0. The van der Waals surface area contributed by atoms with Crippen LogP contribution >= 0.6 is 0 Å². The summed E-state index contributed by atoms with van der Waals surface area (Å²) in [5.41, 5.74) is 1.65. The molecule has 140 valence electrons. The van der Waals surface area contributed by atoms with Crippen LogP contribution in [-0.4, -0.2) is 44.1 Å². The number of allylic oxidation sites excluding steroid dienone is 2. The molecule has 0 aromatic heterocycles. The van der Waals surface area contributed by atoms with E-state index in [9.17, 15) is 9.59 Å². The first-order valence-corrected chi connectivity index (χ1v) is 8.92. The highest BCUT2D eigenvalue weighted by Gasteiger charge is 2.41. The van der Waals surface area contributed by atoms with Crippen molar-refractivity contribution in [3.05, 3.63) is 35.4 Å². The molecule has 0 saturated carbocycles. The van der Waals surface area contributed by atoms with Crippen molar-refractivity contribution in [2.45, 2.75) is 38.1 Å². The predicted molar refractivity (Wildman–Crippen MR) is 96.7 cm³/mol. The molecule has 6 nitrogen and oxygen atoms in total. The van der Waals surface area contributed by atoms with Gasteiger partial charge in [0.15, 0.2) is 17.3 Å². The first-order chi connectivity index (χ1) is 12.5. The fourth-order valence-electron chi connectivity index (χ4n) is 3.94. The highest BCUT2D eigenvalue weighted by Crippen LogP contribution is 2.49. The van der Waals surface area contributed by atoms with Crippen molar-refractivity contribution in [3.63, 3.8) is 0 Å². The maximum atomic E-state index is 12.3. The number of hydrogen-bond donors (Lipinski definition) is 0. The zero-order chi connectivity index (χ0) is 18.7. The van der Waals surface area contributed by atoms with E-state index in [-0.39, 0.29) is 17.3 Å². The third-order valence-electron chi connectivity index (χ3n) is 5.25. The van der Waals surface area contributed by atoms with Crippen molar-refractivity contribution in [3.8, 4) is 11.5 Å². The van der Waals surface area contributed by atoms with Crippen molar-refractivity contribution in [2.75, 3.05) is 27.4 Å². The molecular weight excluding hydrogens is 334 g/mol. The van der Waals surface area contributed by atoms with Crippen molar-refractivity contribution in [1.29, 1.82) is 0 Å². The molecule has 0 N–H and O–H groups in total. The van der Waals surface area contributed by atoms with Crippen LogP contribution in [0, 0.1) is 0 Å². The molecule has 26 heavy (non-hydrogen) atoms. The van der Waals surface area contributed by atoms with Gasteiger partial charge in [-0.15, -0.1) is 0 Å². The Bertz CT molecular complexity index is 742. The van der Waals surface area contributed by atoms with Crippen LogP contribution in [0.1, 0.15) is 37.3 Å². The quantitative estimate of drug-likeness (QED) is 0.829. The molecule has 2 aliphatic rings. The van der Waals surface area contributed by atoms with Crippen LogP contribution in [-0.2, 0) is 21.5 Å². The summed E-state index contributed by atoms with van der Waals surface area (Å²) in [7, 11) is 3.23. The van der Waals surface area contributed by atoms with E-state index in [0.717, 1.165) is 11.1 Å². The zero-order valence-corrected chi connectivity index (χ0v) is 15.5. The minimum atomic E-state index is -0.357. The molecule has 0 saturated heterocycles. The second kappa shape index (κ2) is 7.40. The number of methoxy groups -OCH3 is 2. The molecule has 1 atom stereocenters. The number of benzene rings is 1. The molecule has 1 heterocycles. The van der Waals surface area contributed by atoms with E-state index in [2.05, 4.69) is 0 Å². The second-order valence-electron chi connectivity index (χ2n) is 6.66. The third kappa shape index (κ3) is 3.16. The molecule has 1 aliphatic heterocycles. The normalized spacial score (nSPS) is 22.0. The number of ether oxygens (including phenoxy) is 3. The van der Waals surface area contributed by atoms with Gasteiger partial charge in [-0.25, -0.2) is 4.79 Å². The average molecular weight is 359 g/mol. The lowest BCUT2D eigenvalue weighted by molar-refractivity contribution is -0.115. The lowest BCUT2D eigenvalue weighted by atomic mass is 9.69. The fourth-order valence-corrected chi connectivity index (χ4v) is 3.94. The Morgan fingerprint density at radius 2 is 2.04 bits per heavy atom. The van der Waals surface area contributed by atoms with Gasteiger partial charge in [-0.2, -0.15) is 0 Å². The first-order valence-electron chi connectivity index (χ1n) is 8.92. The molecule has 0 radical (unpaired) electrons. The van der Waals surface area contributed by atoms with Crippen molar-refractivity contribution >= 4 is 11.9 Å². The number of fused-ring (bicyclic) bond motifs is 2. The Morgan fingerprint density at radius 3 is 2.65 bits per heavy atom. The van der Waals surface area contributed by atoms with Gasteiger partial charge >= 0.3 is 6.09 Å². The minimum absolute atomic E-state index is 0.130. The Balaban J connectivity index is 2.14. The zero-order valence-electron chi connectivity index (χ0n) is 15.5. The maximum Gasteiger partial charge on any atom is 0.410 e. The SMILES string of the molecule is CCOC(=O)N1CCC2(C=CC(=O)CC2)c2c(ccc(OC)c2OC)C1. The van der Waals surface area contributed by atoms with Gasteiger partial charge in [-0.1, -0.05) is 12.1 Å². The number of nitrogens with zero attached hydrogens (tertiary/aromatic N) is 1. The molecule has 1 unspecified atom stereocenters. The molecule has 0 bridgehead atoms. The number of carbonyl (C=O) groups is 2. The monoisotopic (exact) mass is 359 g/mol. The topological polar surface area (TPSA) is 65.1 Å². The van der Waals surface area contributed by atoms with E-state index in [4.69, 9.17) is 14.2 Å². The molecule has 0 fully saturated rings. The molecule has 1 aromatic carbocycles. The van der Waals surface area contributed by atoms with E-state index in [1.54, 1.807) is 32.1 Å². The predicted octanol–water partition coefficient (Wildman–Crippen LogP) is 3.22. The van der Waals surface area contributed by atoms with Crippen LogP contribution < -0.4 is 9.47 Å². The van der Waals surface area contributed by atoms with Crippen molar-refractivity contribution in [1.82, 2.24) is 4.90 Å². The Hall–Kier alpha value is -2.50. The van der Waals surface area contributed by atoms with Gasteiger partial charge in [0.05, 0.1) is 20.8 Å². The lowest BCUT2D eigenvalue weighted by Gasteiger charge is -2.35. The van der Waals surface area contributed by atoms with Gasteiger partial charge in [0.2, 0.25) is 0 Å². The molecule has 3 rings (SSSR count). The van der Waals surface area contributed by atoms with Crippen molar-refractivity contribution < 1.29 is 23.8 Å². The fraction of sp³-hybridized carbons (Fsp3) is 0.500. The van der Waals surface area contributed by atoms with Gasteiger partial charge in [0.25, 0.3) is 0 Å². The Kier molecular flexibility index (Phi) is 5.20. The molecule has 1 aliphatic carbocycles. The lowest BCUT2D eigenvalue weighted by Crippen LogP contribution is -2.34. The number of hydrogen-bond acceptors (Lipinski definition) is 5. The summed E-state index contributed by atoms with van der Waals surface area (Å²) in [6.45, 7) is 3.14. The Morgan fingerprint density at radius 1 is 1.23 bits per heavy atom. The molecule has 1 amide bonds. The van der Waals surface area contributed by atoms with Gasteiger partial charge in [0, 0.05) is 30.5 Å². The highest BCUT2D eigenvalue weighted by molar-refractivity contribution is 5.91. The summed E-state index contributed by atoms with van der Waals surface area (Å²) in [6.07, 6.45) is 5.19. The number of ketones is 1. The average Bonchev–Trinajstić information content (AvgIpc) is 2.81. The molecule has 1 spiro atoms. The first kappa shape index (κ1) is 18.3. The molecular formula is C20H25NO5. The van der Waals surface area contributed by atoms with Crippen LogP contribution in [0.15, 0.2) is 24.3 Å².